The first-order valence-corrected chi connectivity index (χ1v) is 25.7. The molecule has 0 fully saturated rings. The lowest BCUT2D eigenvalue weighted by Crippen LogP contribution is -1.92. The van der Waals surface area contributed by atoms with Crippen LogP contribution in [0.3, 0.4) is 0 Å². The molecule has 0 unspecified atom stereocenters. The summed E-state index contributed by atoms with van der Waals surface area (Å²) in [6, 6.07) is 73.6. The third kappa shape index (κ3) is 8.52. The number of rotatable bonds is 2. The van der Waals surface area contributed by atoms with Gasteiger partial charge in [0.2, 0.25) is 0 Å². The molecule has 14 aromatic rings. The number of hydrogen-bond donors (Lipinski definition) is 0. The normalized spacial score (nSPS) is 11.3. The number of aromatic nitrogens is 2. The maximum absolute atomic E-state index is 5.86. The van der Waals surface area contributed by atoms with Crippen LogP contribution in [-0.4, -0.2) is 9.13 Å². The second kappa shape index (κ2) is 19.2. The van der Waals surface area contributed by atoms with E-state index < -0.39 is 0 Å². The molecule has 0 atom stereocenters. The molecule has 4 aromatic heterocycles. The highest BCUT2D eigenvalue weighted by molar-refractivity contribution is 7.26. The van der Waals surface area contributed by atoms with Crippen molar-refractivity contribution in [2.45, 2.75) is 55.4 Å². The summed E-state index contributed by atoms with van der Waals surface area (Å²) in [7, 11) is 0. The van der Waals surface area contributed by atoms with Crippen LogP contribution >= 0.6 is 11.3 Å². The van der Waals surface area contributed by atoms with Crippen LogP contribution < -0.4 is 0 Å². The van der Waals surface area contributed by atoms with Gasteiger partial charge in [0, 0.05) is 63.9 Å². The van der Waals surface area contributed by atoms with Crippen LogP contribution in [0.4, 0.5) is 0 Å². The lowest BCUT2D eigenvalue weighted by molar-refractivity contribution is 0.665. The van der Waals surface area contributed by atoms with Gasteiger partial charge in [-0.1, -0.05) is 144 Å². The van der Waals surface area contributed by atoms with Gasteiger partial charge in [0.15, 0.2) is 0 Å². The third-order valence-electron chi connectivity index (χ3n) is 14.0. The maximum Gasteiger partial charge on any atom is 0.138 e. The molecular weight excluding hydrogens is 893 g/mol. The lowest BCUT2D eigenvalue weighted by atomic mass is 10.1. The van der Waals surface area contributed by atoms with Gasteiger partial charge in [0.25, 0.3) is 0 Å². The summed E-state index contributed by atoms with van der Waals surface area (Å²) in [5.41, 5.74) is 20.0. The molecule has 0 radical (unpaired) electrons. The van der Waals surface area contributed by atoms with E-state index in [1.165, 1.54) is 130 Å². The Morgan fingerprint density at radius 3 is 1.21 bits per heavy atom. The molecule has 14 rings (SSSR count). The van der Waals surface area contributed by atoms with Crippen molar-refractivity contribution in [1.82, 2.24) is 9.13 Å². The van der Waals surface area contributed by atoms with Crippen molar-refractivity contribution in [2.24, 2.45) is 0 Å². The van der Waals surface area contributed by atoms with Gasteiger partial charge in [-0.3, -0.25) is 0 Å². The number of fused-ring (bicyclic) bond motifs is 12. The van der Waals surface area contributed by atoms with Gasteiger partial charge < -0.3 is 13.6 Å². The van der Waals surface area contributed by atoms with Crippen molar-refractivity contribution in [1.29, 1.82) is 0 Å². The molecule has 0 aliphatic carbocycles. The number of furan rings is 1. The fourth-order valence-electron chi connectivity index (χ4n) is 10.5. The Hall–Kier alpha value is -8.18. The highest BCUT2D eigenvalue weighted by atomic mass is 32.1. The van der Waals surface area contributed by atoms with Gasteiger partial charge in [0.05, 0.1) is 22.1 Å². The van der Waals surface area contributed by atoms with E-state index in [1.807, 2.05) is 23.5 Å². The number of aryl methyl sites for hydroxylation is 8. The van der Waals surface area contributed by atoms with E-state index in [4.69, 9.17) is 4.42 Å². The predicted octanol–water partition coefficient (Wildman–Crippen LogP) is 19.7. The number of benzene rings is 10. The van der Waals surface area contributed by atoms with Crippen LogP contribution in [0.5, 0.6) is 0 Å². The van der Waals surface area contributed by atoms with E-state index in [0.717, 1.165) is 11.2 Å². The van der Waals surface area contributed by atoms with E-state index in [2.05, 4.69) is 259 Å². The van der Waals surface area contributed by atoms with Crippen molar-refractivity contribution in [3.05, 3.63) is 251 Å². The molecule has 3 nitrogen and oxygen atoms in total. The molecule has 0 N–H and O–H groups in total. The summed E-state index contributed by atoms with van der Waals surface area (Å²) in [5, 5.41) is 10.6. The summed E-state index contributed by atoms with van der Waals surface area (Å²) in [6.45, 7) is 17.2. The monoisotopic (exact) mass is 950 g/mol. The van der Waals surface area contributed by atoms with Crippen LogP contribution in [0.15, 0.2) is 211 Å². The quantitative estimate of drug-likeness (QED) is 0.169. The van der Waals surface area contributed by atoms with E-state index >= 15 is 0 Å². The molecule has 0 aliphatic rings. The second-order valence-electron chi connectivity index (χ2n) is 19.4. The Bertz CT molecular complexity index is 3900. The molecule has 72 heavy (non-hydrogen) atoms. The fourth-order valence-corrected chi connectivity index (χ4v) is 11.8. The van der Waals surface area contributed by atoms with Crippen molar-refractivity contribution >= 4 is 97.1 Å². The number of thiophene rings is 1. The zero-order valence-electron chi connectivity index (χ0n) is 42.3. The Morgan fingerprint density at radius 1 is 0.319 bits per heavy atom. The van der Waals surface area contributed by atoms with E-state index in [1.54, 1.807) is 0 Å². The summed E-state index contributed by atoms with van der Waals surface area (Å²) < 4.78 is 13.4. The first-order valence-electron chi connectivity index (χ1n) is 24.9. The number of para-hydroxylation sites is 3. The highest BCUT2D eigenvalue weighted by Crippen LogP contribution is 2.38. The number of hydrogen-bond acceptors (Lipinski definition) is 2. The summed E-state index contributed by atoms with van der Waals surface area (Å²) in [5.74, 6) is 0. The van der Waals surface area contributed by atoms with Gasteiger partial charge in [-0.05, 0) is 163 Å². The van der Waals surface area contributed by atoms with E-state index in [9.17, 15) is 0 Å². The molecular formula is C68H58N2OS. The van der Waals surface area contributed by atoms with Crippen molar-refractivity contribution in [2.75, 3.05) is 0 Å². The number of nitrogens with zero attached hydrogens (tertiary/aromatic N) is 2. The molecule has 0 amide bonds. The smallest absolute Gasteiger partial charge is 0.138 e. The second-order valence-corrected chi connectivity index (χ2v) is 20.5. The molecule has 352 valence electrons. The zero-order chi connectivity index (χ0) is 49.6. The maximum atomic E-state index is 5.86. The third-order valence-corrected chi connectivity index (χ3v) is 15.3. The Kier molecular flexibility index (Phi) is 12.3. The van der Waals surface area contributed by atoms with Gasteiger partial charge in [-0.15, -0.1) is 11.3 Å². The molecule has 0 saturated heterocycles. The minimum absolute atomic E-state index is 0.985. The van der Waals surface area contributed by atoms with Gasteiger partial charge in [0.1, 0.15) is 11.2 Å². The topological polar surface area (TPSA) is 23.0 Å². The van der Waals surface area contributed by atoms with Crippen LogP contribution in [0, 0.1) is 55.4 Å². The molecule has 4 heteroatoms. The van der Waals surface area contributed by atoms with Gasteiger partial charge >= 0.3 is 0 Å². The van der Waals surface area contributed by atoms with Gasteiger partial charge in [-0.2, -0.15) is 0 Å². The first kappa shape index (κ1) is 46.2. The summed E-state index contributed by atoms with van der Waals surface area (Å²) in [6.07, 6.45) is 0. The molecule has 0 bridgehead atoms. The Morgan fingerprint density at radius 2 is 0.722 bits per heavy atom. The Balaban J connectivity index is 0.000000105. The average Bonchev–Trinajstić information content (AvgIpc) is 4.15. The predicted molar refractivity (Wildman–Crippen MR) is 313 cm³/mol. The fraction of sp³-hybridized carbons (Fsp3) is 0.118. The highest BCUT2D eigenvalue weighted by Gasteiger charge is 2.15. The molecule has 0 saturated carbocycles. The van der Waals surface area contributed by atoms with Crippen LogP contribution in [0.25, 0.3) is 97.1 Å². The van der Waals surface area contributed by atoms with Gasteiger partial charge in [-0.25, -0.2) is 0 Å². The van der Waals surface area contributed by atoms with E-state index in [-0.39, 0.29) is 0 Å². The Labute approximate surface area is 425 Å². The lowest BCUT2D eigenvalue weighted by Gasteiger charge is -2.07. The summed E-state index contributed by atoms with van der Waals surface area (Å²) in [4.78, 5) is 0. The largest absolute Gasteiger partial charge is 0.456 e. The molecule has 4 heterocycles. The average molecular weight is 951 g/mol. The van der Waals surface area contributed by atoms with Crippen molar-refractivity contribution in [3.8, 4) is 11.4 Å². The SMILES string of the molecule is Cc1ccc2c(c1)c1cc(C)ccc1n2-c1ccccc1.Cc1ccc2c(c1)c1cc(C)ccc1n2-c1ccccc1.Cc1cccc2c1oc1cccc(C)c12.Cc1cccc2c1sc1cccc(C)c12. The minimum Gasteiger partial charge on any atom is -0.456 e. The van der Waals surface area contributed by atoms with Crippen molar-refractivity contribution in [3.63, 3.8) is 0 Å². The minimum atomic E-state index is 0.985. The standard InChI is InChI=1S/2C20H17N.C14H12O.C14H12S/c2*1-14-8-10-19-17(12-14)18-13-15(2)9-11-20(18)21(19)16-6-4-3-5-7-16;2*1-9-5-4-8-12-13(9)11-7-3-6-10(2)14(11)15-12/h2*3-13H,1-2H3;2*3-8H,1-2H3. The summed E-state index contributed by atoms with van der Waals surface area (Å²) >= 11 is 1.90. The molecule has 10 aromatic carbocycles. The molecule has 0 spiro atoms. The first-order chi connectivity index (χ1) is 35.0. The van der Waals surface area contributed by atoms with Crippen LogP contribution in [-0.2, 0) is 0 Å². The van der Waals surface area contributed by atoms with Crippen LogP contribution in [0.2, 0.25) is 0 Å². The van der Waals surface area contributed by atoms with E-state index in [0.29, 0.717) is 0 Å². The molecule has 0 aliphatic heterocycles. The van der Waals surface area contributed by atoms with Crippen LogP contribution in [0.1, 0.15) is 44.5 Å². The zero-order valence-corrected chi connectivity index (χ0v) is 43.2. The van der Waals surface area contributed by atoms with Crippen molar-refractivity contribution < 1.29 is 4.42 Å².